The molecule has 1 aliphatic carbocycles. The molecule has 2 atom stereocenters. The van der Waals surface area contributed by atoms with Crippen LogP contribution in [-0.2, 0) is 14.6 Å². The fourth-order valence-electron chi connectivity index (χ4n) is 4.65. The number of amides is 1. The minimum atomic E-state index is -3.00. The van der Waals surface area contributed by atoms with Gasteiger partial charge in [0, 0.05) is 12.6 Å². The zero-order valence-electron chi connectivity index (χ0n) is 16.0. The summed E-state index contributed by atoms with van der Waals surface area (Å²) < 4.78 is 23.8. The van der Waals surface area contributed by atoms with Crippen LogP contribution in [0.5, 0.6) is 0 Å². The molecule has 2 unspecified atom stereocenters. The first-order chi connectivity index (χ1) is 12.4. The van der Waals surface area contributed by atoms with Crippen LogP contribution in [0.2, 0.25) is 0 Å². The molecule has 1 aromatic carbocycles. The Morgan fingerprint density at radius 3 is 2.31 bits per heavy atom. The Balaban J connectivity index is 1.89. The highest BCUT2D eigenvalue weighted by molar-refractivity contribution is 7.91. The zero-order chi connectivity index (χ0) is 18.7. The Morgan fingerprint density at radius 1 is 1.12 bits per heavy atom. The first-order valence-corrected chi connectivity index (χ1v) is 11.8. The number of rotatable bonds is 5. The molecule has 0 N–H and O–H groups in total. The smallest absolute Gasteiger partial charge is 0.230 e. The average Bonchev–Trinajstić information content (AvgIpc) is 2.98. The molecule has 1 aromatic rings. The lowest BCUT2D eigenvalue weighted by Gasteiger charge is -2.36. The van der Waals surface area contributed by atoms with Crippen LogP contribution >= 0.6 is 0 Å². The van der Waals surface area contributed by atoms with Crippen LogP contribution in [0.1, 0.15) is 62.5 Å². The summed E-state index contributed by atoms with van der Waals surface area (Å²) in [5.74, 6) is 0.688. The van der Waals surface area contributed by atoms with E-state index in [1.54, 1.807) is 0 Å². The van der Waals surface area contributed by atoms with Gasteiger partial charge in [0.2, 0.25) is 5.91 Å². The Morgan fingerprint density at radius 2 is 1.77 bits per heavy atom. The van der Waals surface area contributed by atoms with Gasteiger partial charge in [0.1, 0.15) is 0 Å². The number of likely N-dealkylation sites (N-methyl/N-ethyl adjacent to an activating group) is 1. The molecular formula is C21H31NO3S. The molecule has 26 heavy (non-hydrogen) atoms. The van der Waals surface area contributed by atoms with Crippen LogP contribution in [0.15, 0.2) is 24.3 Å². The lowest BCUT2D eigenvalue weighted by Crippen LogP contribution is -2.45. The van der Waals surface area contributed by atoms with Gasteiger partial charge in [-0.05, 0) is 44.6 Å². The normalized spacial score (nSPS) is 24.3. The number of aryl methyl sites for hydroxylation is 1. The summed E-state index contributed by atoms with van der Waals surface area (Å²) >= 11 is 0. The molecule has 0 bridgehead atoms. The highest BCUT2D eigenvalue weighted by Crippen LogP contribution is 2.38. The van der Waals surface area contributed by atoms with E-state index in [9.17, 15) is 13.2 Å². The lowest BCUT2D eigenvalue weighted by molar-refractivity contribution is -0.136. The molecule has 1 aliphatic heterocycles. The number of carbonyl (C=O) groups is 1. The topological polar surface area (TPSA) is 54.5 Å². The van der Waals surface area contributed by atoms with E-state index in [0.29, 0.717) is 18.9 Å². The van der Waals surface area contributed by atoms with Crippen LogP contribution in [0.3, 0.4) is 0 Å². The summed E-state index contributed by atoms with van der Waals surface area (Å²) in [7, 11) is -3.00. The van der Waals surface area contributed by atoms with Gasteiger partial charge in [0.15, 0.2) is 9.84 Å². The molecule has 3 rings (SSSR count). The largest absolute Gasteiger partial charge is 0.338 e. The van der Waals surface area contributed by atoms with E-state index in [-0.39, 0.29) is 29.4 Å². The molecule has 0 radical (unpaired) electrons. The van der Waals surface area contributed by atoms with E-state index < -0.39 is 9.84 Å². The van der Waals surface area contributed by atoms with Crippen molar-refractivity contribution >= 4 is 15.7 Å². The quantitative estimate of drug-likeness (QED) is 0.786. The summed E-state index contributed by atoms with van der Waals surface area (Å²) in [5, 5.41) is 0. The molecule has 0 aromatic heterocycles. The third kappa shape index (κ3) is 4.30. The molecule has 2 aliphatic rings. The number of hydrogen-bond donors (Lipinski definition) is 0. The van der Waals surface area contributed by atoms with Gasteiger partial charge < -0.3 is 4.90 Å². The van der Waals surface area contributed by atoms with Crippen molar-refractivity contribution in [3.05, 3.63) is 35.4 Å². The predicted octanol–water partition coefficient (Wildman–Crippen LogP) is 3.69. The lowest BCUT2D eigenvalue weighted by atomic mass is 9.76. The fourth-order valence-corrected chi connectivity index (χ4v) is 6.38. The van der Waals surface area contributed by atoms with Crippen LogP contribution in [-0.4, -0.2) is 43.3 Å². The van der Waals surface area contributed by atoms with Crippen LogP contribution in [0.4, 0.5) is 0 Å². The van der Waals surface area contributed by atoms with E-state index in [2.05, 4.69) is 31.2 Å². The van der Waals surface area contributed by atoms with E-state index in [4.69, 9.17) is 0 Å². The van der Waals surface area contributed by atoms with Gasteiger partial charge in [-0.1, -0.05) is 49.1 Å². The minimum absolute atomic E-state index is 0.123. The molecule has 1 saturated carbocycles. The molecule has 1 amide bonds. The molecule has 1 saturated heterocycles. The molecule has 1 heterocycles. The monoisotopic (exact) mass is 377 g/mol. The van der Waals surface area contributed by atoms with Gasteiger partial charge >= 0.3 is 0 Å². The van der Waals surface area contributed by atoms with E-state index in [1.807, 2.05) is 11.8 Å². The minimum Gasteiger partial charge on any atom is -0.338 e. The van der Waals surface area contributed by atoms with Crippen molar-refractivity contribution in [2.24, 2.45) is 5.92 Å². The summed E-state index contributed by atoms with van der Waals surface area (Å²) in [4.78, 5) is 15.4. The maximum Gasteiger partial charge on any atom is 0.230 e. The Kier molecular flexibility index (Phi) is 6.06. The summed E-state index contributed by atoms with van der Waals surface area (Å²) in [6.07, 6.45) is 6.38. The van der Waals surface area contributed by atoms with Gasteiger partial charge in [-0.3, -0.25) is 4.79 Å². The highest BCUT2D eigenvalue weighted by atomic mass is 32.2. The number of hydrogen-bond acceptors (Lipinski definition) is 3. The summed E-state index contributed by atoms with van der Waals surface area (Å²) in [5.41, 5.74) is 2.28. The van der Waals surface area contributed by atoms with Crippen molar-refractivity contribution in [3.8, 4) is 0 Å². The van der Waals surface area contributed by atoms with Crippen molar-refractivity contribution in [1.29, 1.82) is 0 Å². The SMILES string of the molecule is CCN(C(=O)C(c1ccc(C)cc1)C1CCCCC1)C1CCS(=O)(=O)C1. The Bertz CT molecular complexity index is 720. The fraction of sp³-hybridized carbons (Fsp3) is 0.667. The molecular weight excluding hydrogens is 346 g/mol. The zero-order valence-corrected chi connectivity index (χ0v) is 16.8. The maximum atomic E-state index is 13.6. The second-order valence-corrected chi connectivity index (χ2v) is 10.2. The second-order valence-electron chi connectivity index (χ2n) is 7.97. The van der Waals surface area contributed by atoms with Crippen molar-refractivity contribution in [3.63, 3.8) is 0 Å². The summed E-state index contributed by atoms with van der Waals surface area (Å²) in [6, 6.07) is 8.18. The van der Waals surface area contributed by atoms with Crippen LogP contribution < -0.4 is 0 Å². The molecule has 5 heteroatoms. The van der Waals surface area contributed by atoms with Gasteiger partial charge in [-0.2, -0.15) is 0 Å². The third-order valence-electron chi connectivity index (χ3n) is 6.10. The number of carbonyl (C=O) groups excluding carboxylic acids is 1. The van der Waals surface area contributed by atoms with E-state index in [1.165, 1.54) is 24.8 Å². The average molecular weight is 378 g/mol. The number of benzene rings is 1. The highest BCUT2D eigenvalue weighted by Gasteiger charge is 2.39. The first-order valence-electron chi connectivity index (χ1n) is 9.98. The second kappa shape index (κ2) is 8.12. The first kappa shape index (κ1) is 19.4. The number of sulfone groups is 1. The number of nitrogens with zero attached hydrogens (tertiary/aromatic N) is 1. The van der Waals surface area contributed by atoms with Crippen LogP contribution in [0, 0.1) is 12.8 Å². The van der Waals surface area contributed by atoms with Crippen molar-refractivity contribution in [1.82, 2.24) is 4.90 Å². The van der Waals surface area contributed by atoms with E-state index in [0.717, 1.165) is 18.4 Å². The molecule has 0 spiro atoms. The van der Waals surface area contributed by atoms with Crippen molar-refractivity contribution in [2.45, 2.75) is 64.3 Å². The van der Waals surface area contributed by atoms with E-state index >= 15 is 0 Å². The predicted molar refractivity (Wildman–Crippen MR) is 105 cm³/mol. The Hall–Kier alpha value is -1.36. The van der Waals surface area contributed by atoms with Crippen molar-refractivity contribution < 1.29 is 13.2 Å². The summed E-state index contributed by atoms with van der Waals surface area (Å²) in [6.45, 7) is 4.60. The standard InChI is InChI=1S/C21H31NO3S/c1-3-22(19-13-14-26(24,25)15-19)21(23)20(17-7-5-4-6-8-17)18-11-9-16(2)10-12-18/h9-12,17,19-20H,3-8,13-15H2,1-2H3. The molecule has 144 valence electrons. The Labute approximate surface area is 157 Å². The van der Waals surface area contributed by atoms with Crippen molar-refractivity contribution in [2.75, 3.05) is 18.1 Å². The third-order valence-corrected chi connectivity index (χ3v) is 7.85. The van der Waals surface area contributed by atoms with Gasteiger partial charge in [0.25, 0.3) is 0 Å². The maximum absolute atomic E-state index is 13.6. The molecule has 2 fully saturated rings. The van der Waals surface area contributed by atoms with Gasteiger partial charge in [-0.25, -0.2) is 8.42 Å². The van der Waals surface area contributed by atoms with Gasteiger partial charge in [0.05, 0.1) is 17.4 Å². The van der Waals surface area contributed by atoms with Gasteiger partial charge in [-0.15, -0.1) is 0 Å². The van der Waals surface area contributed by atoms with Crippen LogP contribution in [0.25, 0.3) is 0 Å². The molecule has 4 nitrogen and oxygen atoms in total.